The van der Waals surface area contributed by atoms with Crippen molar-refractivity contribution in [2.45, 2.75) is 63.5 Å². The zero-order chi connectivity index (χ0) is 24.7. The van der Waals surface area contributed by atoms with Crippen molar-refractivity contribution in [3.05, 3.63) is 41.0 Å². The van der Waals surface area contributed by atoms with Crippen LogP contribution in [0, 0.1) is 17.1 Å². The van der Waals surface area contributed by atoms with Crippen LogP contribution in [0.4, 0.5) is 4.39 Å². The van der Waals surface area contributed by atoms with Gasteiger partial charge in [-0.3, -0.25) is 14.4 Å². The van der Waals surface area contributed by atoms with Gasteiger partial charge in [0.15, 0.2) is 5.82 Å². The van der Waals surface area contributed by atoms with E-state index in [1.165, 1.54) is 12.1 Å². The molecule has 3 rings (SSSR count). The van der Waals surface area contributed by atoms with Crippen molar-refractivity contribution in [2.75, 3.05) is 6.54 Å². The number of H-pyrrole nitrogens is 1. The molecule has 0 aliphatic heterocycles. The molecule has 1 aromatic heterocycles. The second kappa shape index (κ2) is 10.8. The van der Waals surface area contributed by atoms with Gasteiger partial charge in [-0.25, -0.2) is 4.39 Å². The van der Waals surface area contributed by atoms with Crippen molar-refractivity contribution in [2.24, 2.45) is 0 Å². The third-order valence-corrected chi connectivity index (χ3v) is 5.83. The number of benzene rings is 1. The zero-order valence-electron chi connectivity index (χ0n) is 19.0. The van der Waals surface area contributed by atoms with E-state index < -0.39 is 29.1 Å². The Kier molecular flexibility index (Phi) is 7.88. The van der Waals surface area contributed by atoms with E-state index in [0.29, 0.717) is 5.56 Å². The van der Waals surface area contributed by atoms with E-state index in [0.717, 1.165) is 25.3 Å². The number of aromatic amines is 1. The minimum absolute atomic E-state index is 0.00763. The molecule has 1 aliphatic carbocycles. The molecule has 1 fully saturated rings. The number of rotatable bonds is 10. The number of nitriles is 1. The standard InChI is InChI=1S/C22H27FN8O3/c1-22(2,14-8-13(12-24)9-15(23)10-14)21(34)25-7-6-19(32)27-17(11-18-28-30-31-29-18)20(33)26-16-4-3-5-16/h8-10,16-17H,3-7,11H2,1-2H3,(H,25,34)(H,26,33)(H,27,32)(H,28,29,30,31)/t17-/m0/s1. The molecule has 0 saturated heterocycles. The number of nitrogens with zero attached hydrogens (tertiary/aromatic N) is 4. The number of amides is 3. The Labute approximate surface area is 195 Å². The Hall–Kier alpha value is -3.88. The van der Waals surface area contributed by atoms with E-state index in [1.807, 2.05) is 6.07 Å². The molecule has 1 aromatic carbocycles. The number of aromatic nitrogens is 4. The summed E-state index contributed by atoms with van der Waals surface area (Å²) in [6.45, 7) is 3.21. The van der Waals surface area contributed by atoms with Gasteiger partial charge in [-0.1, -0.05) is 5.21 Å². The highest BCUT2D eigenvalue weighted by Crippen LogP contribution is 2.25. The van der Waals surface area contributed by atoms with Gasteiger partial charge in [0.2, 0.25) is 17.7 Å². The van der Waals surface area contributed by atoms with Gasteiger partial charge >= 0.3 is 0 Å². The van der Waals surface area contributed by atoms with Crippen LogP contribution in [0.3, 0.4) is 0 Å². The fourth-order valence-electron chi connectivity index (χ4n) is 3.44. The Morgan fingerprint density at radius 1 is 1.29 bits per heavy atom. The molecule has 0 spiro atoms. The van der Waals surface area contributed by atoms with Gasteiger partial charge in [0, 0.05) is 25.4 Å². The monoisotopic (exact) mass is 470 g/mol. The quantitative estimate of drug-likeness (QED) is 0.390. The molecule has 34 heavy (non-hydrogen) atoms. The maximum Gasteiger partial charge on any atom is 0.243 e. The molecule has 1 saturated carbocycles. The summed E-state index contributed by atoms with van der Waals surface area (Å²) in [5.74, 6) is -1.51. The molecule has 3 amide bonds. The SMILES string of the molecule is CC(C)(C(=O)NCCC(=O)N[C@@H](Cc1nn[nH]n1)C(=O)NC1CCC1)c1cc(F)cc(C#N)c1. The van der Waals surface area contributed by atoms with Crippen LogP contribution in [-0.4, -0.2) is 57.0 Å². The summed E-state index contributed by atoms with van der Waals surface area (Å²) >= 11 is 0. The first kappa shape index (κ1) is 24.8. The average molecular weight is 471 g/mol. The van der Waals surface area contributed by atoms with E-state index in [4.69, 9.17) is 5.26 Å². The van der Waals surface area contributed by atoms with Gasteiger partial charge < -0.3 is 16.0 Å². The average Bonchev–Trinajstić information content (AvgIpc) is 3.28. The van der Waals surface area contributed by atoms with Gasteiger partial charge in [0.25, 0.3) is 0 Å². The number of halogens is 1. The lowest BCUT2D eigenvalue weighted by Crippen LogP contribution is -2.52. The Balaban J connectivity index is 1.54. The van der Waals surface area contributed by atoms with E-state index in [1.54, 1.807) is 13.8 Å². The number of hydrogen-bond donors (Lipinski definition) is 4. The summed E-state index contributed by atoms with van der Waals surface area (Å²) in [5, 5.41) is 30.7. The second-order valence-corrected chi connectivity index (χ2v) is 8.76. The predicted octanol–water partition coefficient (Wildman–Crippen LogP) is 0.391. The summed E-state index contributed by atoms with van der Waals surface area (Å²) in [6, 6.07) is 4.84. The minimum atomic E-state index is -1.13. The zero-order valence-corrected chi connectivity index (χ0v) is 19.0. The topological polar surface area (TPSA) is 166 Å². The molecule has 180 valence electrons. The molecule has 4 N–H and O–H groups in total. The molecule has 1 aliphatic rings. The summed E-state index contributed by atoms with van der Waals surface area (Å²) in [6.07, 6.45) is 2.85. The summed E-state index contributed by atoms with van der Waals surface area (Å²) in [5.41, 5.74) is -0.671. The van der Waals surface area contributed by atoms with Crippen LogP contribution >= 0.6 is 0 Å². The van der Waals surface area contributed by atoms with Crippen LogP contribution in [0.15, 0.2) is 18.2 Å². The second-order valence-electron chi connectivity index (χ2n) is 8.76. The lowest BCUT2D eigenvalue weighted by molar-refractivity contribution is -0.130. The maximum absolute atomic E-state index is 13.8. The van der Waals surface area contributed by atoms with Crippen LogP contribution in [-0.2, 0) is 26.2 Å². The minimum Gasteiger partial charge on any atom is -0.355 e. The molecule has 2 aromatic rings. The summed E-state index contributed by atoms with van der Waals surface area (Å²) in [4.78, 5) is 37.8. The molecule has 12 heteroatoms. The van der Waals surface area contributed by atoms with Crippen molar-refractivity contribution in [1.82, 2.24) is 36.6 Å². The largest absolute Gasteiger partial charge is 0.355 e. The first-order chi connectivity index (χ1) is 16.2. The maximum atomic E-state index is 13.8. The first-order valence-corrected chi connectivity index (χ1v) is 11.0. The van der Waals surface area contributed by atoms with E-state index in [-0.39, 0.29) is 42.7 Å². The number of nitrogens with one attached hydrogen (secondary N) is 4. The van der Waals surface area contributed by atoms with Gasteiger partial charge in [-0.2, -0.15) is 10.5 Å². The van der Waals surface area contributed by atoms with Crippen LogP contribution in [0.25, 0.3) is 0 Å². The lowest BCUT2D eigenvalue weighted by Gasteiger charge is -2.28. The van der Waals surface area contributed by atoms with E-state index in [2.05, 4.69) is 36.6 Å². The number of tetrazole rings is 1. The molecule has 1 heterocycles. The summed E-state index contributed by atoms with van der Waals surface area (Å²) < 4.78 is 13.8. The number of carbonyl (C=O) groups excluding carboxylic acids is 3. The third-order valence-electron chi connectivity index (χ3n) is 5.83. The third kappa shape index (κ3) is 6.34. The molecular formula is C22H27FN8O3. The van der Waals surface area contributed by atoms with Crippen LogP contribution in [0.1, 0.15) is 56.5 Å². The van der Waals surface area contributed by atoms with E-state index in [9.17, 15) is 18.8 Å². The van der Waals surface area contributed by atoms with Gasteiger partial charge in [-0.15, -0.1) is 10.2 Å². The Bertz CT molecular complexity index is 1080. The number of carbonyl (C=O) groups is 3. The smallest absolute Gasteiger partial charge is 0.243 e. The Morgan fingerprint density at radius 3 is 2.68 bits per heavy atom. The highest BCUT2D eigenvalue weighted by atomic mass is 19.1. The molecule has 0 radical (unpaired) electrons. The molecule has 0 bridgehead atoms. The van der Waals surface area contributed by atoms with Crippen molar-refractivity contribution in [3.63, 3.8) is 0 Å². The lowest BCUT2D eigenvalue weighted by atomic mass is 9.83. The fourth-order valence-corrected chi connectivity index (χ4v) is 3.44. The van der Waals surface area contributed by atoms with E-state index >= 15 is 0 Å². The molecule has 0 unspecified atom stereocenters. The van der Waals surface area contributed by atoms with Crippen molar-refractivity contribution < 1.29 is 18.8 Å². The van der Waals surface area contributed by atoms with Gasteiger partial charge in [-0.05, 0) is 56.9 Å². The summed E-state index contributed by atoms with van der Waals surface area (Å²) in [7, 11) is 0. The van der Waals surface area contributed by atoms with Crippen molar-refractivity contribution in [3.8, 4) is 6.07 Å². The highest BCUT2D eigenvalue weighted by Gasteiger charge is 2.31. The molecular weight excluding hydrogens is 443 g/mol. The highest BCUT2D eigenvalue weighted by molar-refractivity contribution is 5.89. The number of hydrogen-bond acceptors (Lipinski definition) is 7. The van der Waals surface area contributed by atoms with Gasteiger partial charge in [0.1, 0.15) is 11.9 Å². The fraction of sp³-hybridized carbons (Fsp3) is 0.500. The van der Waals surface area contributed by atoms with Gasteiger partial charge in [0.05, 0.1) is 17.0 Å². The van der Waals surface area contributed by atoms with Crippen LogP contribution in [0.2, 0.25) is 0 Å². The Morgan fingerprint density at radius 2 is 2.06 bits per heavy atom. The van der Waals surface area contributed by atoms with Crippen LogP contribution < -0.4 is 16.0 Å². The van der Waals surface area contributed by atoms with Crippen molar-refractivity contribution in [1.29, 1.82) is 5.26 Å². The van der Waals surface area contributed by atoms with Crippen molar-refractivity contribution >= 4 is 17.7 Å². The van der Waals surface area contributed by atoms with Crippen LogP contribution in [0.5, 0.6) is 0 Å². The predicted molar refractivity (Wildman–Crippen MR) is 117 cm³/mol. The normalized spacial score (nSPS) is 14.4. The molecule has 11 nitrogen and oxygen atoms in total. The molecule has 1 atom stereocenters. The first-order valence-electron chi connectivity index (χ1n) is 11.0.